The van der Waals surface area contributed by atoms with Gasteiger partial charge in [0.1, 0.15) is 6.04 Å². The van der Waals surface area contributed by atoms with Crippen molar-refractivity contribution in [2.24, 2.45) is 5.92 Å². The van der Waals surface area contributed by atoms with Crippen LogP contribution in [0.4, 0.5) is 11.4 Å². The molecular formula is C28H27ClN6OS. The summed E-state index contributed by atoms with van der Waals surface area (Å²) in [4.78, 5) is 23.4. The van der Waals surface area contributed by atoms with Crippen molar-refractivity contribution in [2.45, 2.75) is 32.5 Å². The van der Waals surface area contributed by atoms with Crippen molar-refractivity contribution < 1.29 is 4.79 Å². The third-order valence-electron chi connectivity index (χ3n) is 6.34. The van der Waals surface area contributed by atoms with Crippen molar-refractivity contribution >= 4 is 46.2 Å². The lowest BCUT2D eigenvalue weighted by atomic mass is 10.0. The second kappa shape index (κ2) is 10.7. The van der Waals surface area contributed by atoms with Gasteiger partial charge in [-0.2, -0.15) is 0 Å². The molecule has 1 aliphatic rings. The molecule has 0 unspecified atom stereocenters. The first-order valence-corrected chi connectivity index (χ1v) is 12.9. The van der Waals surface area contributed by atoms with E-state index in [1.54, 1.807) is 12.4 Å². The molecule has 4 heterocycles. The van der Waals surface area contributed by atoms with Gasteiger partial charge < -0.3 is 20.1 Å². The highest BCUT2D eigenvalue weighted by Gasteiger charge is 2.42. The van der Waals surface area contributed by atoms with E-state index < -0.39 is 0 Å². The van der Waals surface area contributed by atoms with Gasteiger partial charge in [0, 0.05) is 35.9 Å². The summed E-state index contributed by atoms with van der Waals surface area (Å²) >= 11 is 12.5. The van der Waals surface area contributed by atoms with Crippen LogP contribution in [0.2, 0.25) is 5.02 Å². The third kappa shape index (κ3) is 5.21. The first-order chi connectivity index (χ1) is 17.9. The third-order valence-corrected chi connectivity index (χ3v) is 6.96. The fourth-order valence-corrected chi connectivity index (χ4v) is 5.04. The molecule has 188 valence electrons. The number of pyridine rings is 2. The van der Waals surface area contributed by atoms with Crippen LogP contribution in [-0.2, 0) is 11.3 Å². The number of rotatable bonds is 7. The van der Waals surface area contributed by atoms with Crippen LogP contribution in [0.15, 0.2) is 85.3 Å². The Morgan fingerprint density at radius 2 is 1.86 bits per heavy atom. The van der Waals surface area contributed by atoms with E-state index in [0.717, 1.165) is 22.8 Å². The van der Waals surface area contributed by atoms with Gasteiger partial charge in [-0.3, -0.25) is 14.8 Å². The Morgan fingerprint density at radius 3 is 2.54 bits per heavy atom. The largest absolute Gasteiger partial charge is 0.351 e. The van der Waals surface area contributed by atoms with E-state index in [-0.39, 0.29) is 23.9 Å². The molecule has 0 bridgehead atoms. The number of carbonyl (C=O) groups is 1. The molecule has 3 aromatic heterocycles. The Hall–Kier alpha value is -3.75. The molecule has 7 nitrogen and oxygen atoms in total. The number of carbonyl (C=O) groups excluding carboxylic acids is 1. The van der Waals surface area contributed by atoms with Crippen LogP contribution in [0.25, 0.3) is 0 Å². The van der Waals surface area contributed by atoms with Gasteiger partial charge in [0.2, 0.25) is 5.91 Å². The molecular weight excluding hydrogens is 504 g/mol. The number of benzene rings is 1. The van der Waals surface area contributed by atoms with Crippen LogP contribution >= 0.6 is 23.8 Å². The van der Waals surface area contributed by atoms with Crippen LogP contribution in [0, 0.1) is 5.92 Å². The minimum absolute atomic E-state index is 0.0894. The van der Waals surface area contributed by atoms with Gasteiger partial charge in [0.25, 0.3) is 0 Å². The molecule has 9 heteroatoms. The summed E-state index contributed by atoms with van der Waals surface area (Å²) in [7, 11) is 0. The summed E-state index contributed by atoms with van der Waals surface area (Å²) in [5.41, 5.74) is 4.29. The van der Waals surface area contributed by atoms with Gasteiger partial charge in [0.15, 0.2) is 5.11 Å². The van der Waals surface area contributed by atoms with Crippen molar-refractivity contribution in [1.82, 2.24) is 19.9 Å². The predicted molar refractivity (Wildman–Crippen MR) is 151 cm³/mol. The Bertz CT molecular complexity index is 1410. The van der Waals surface area contributed by atoms with Crippen LogP contribution < -0.4 is 15.5 Å². The lowest BCUT2D eigenvalue weighted by Gasteiger charge is -2.29. The highest BCUT2D eigenvalue weighted by atomic mass is 35.5. The smallest absolute Gasteiger partial charge is 0.226 e. The van der Waals surface area contributed by atoms with Crippen molar-refractivity contribution in [3.8, 4) is 0 Å². The number of aromatic nitrogens is 3. The van der Waals surface area contributed by atoms with Crippen molar-refractivity contribution in [2.75, 3.05) is 10.2 Å². The Kier molecular flexibility index (Phi) is 7.21. The number of thiocarbonyl (C=S) groups is 1. The maximum atomic E-state index is 12.2. The molecule has 1 aliphatic heterocycles. The van der Waals surface area contributed by atoms with Gasteiger partial charge in [-0.05, 0) is 66.8 Å². The van der Waals surface area contributed by atoms with Crippen molar-refractivity contribution in [1.29, 1.82) is 0 Å². The number of nitrogens with zero attached hydrogens (tertiary/aromatic N) is 4. The number of anilines is 2. The topological polar surface area (TPSA) is 75.1 Å². The van der Waals surface area contributed by atoms with E-state index in [9.17, 15) is 4.79 Å². The maximum absolute atomic E-state index is 12.2. The van der Waals surface area contributed by atoms with E-state index in [4.69, 9.17) is 23.8 Å². The molecule has 1 fully saturated rings. The molecule has 37 heavy (non-hydrogen) atoms. The quantitative estimate of drug-likeness (QED) is 0.296. The number of hydrogen-bond donors (Lipinski definition) is 2. The van der Waals surface area contributed by atoms with E-state index in [2.05, 4.69) is 42.3 Å². The molecule has 2 N–H and O–H groups in total. The van der Waals surface area contributed by atoms with E-state index >= 15 is 0 Å². The molecule has 1 saturated heterocycles. The number of hydrogen-bond acceptors (Lipinski definition) is 4. The monoisotopic (exact) mass is 530 g/mol. The highest BCUT2D eigenvalue weighted by Crippen LogP contribution is 2.43. The molecule has 5 rings (SSSR count). The van der Waals surface area contributed by atoms with Crippen LogP contribution in [-0.4, -0.2) is 25.6 Å². The summed E-state index contributed by atoms with van der Waals surface area (Å²) < 4.78 is 2.18. The first-order valence-electron chi connectivity index (χ1n) is 12.1. The summed E-state index contributed by atoms with van der Waals surface area (Å²) in [6, 6.07) is 21.1. The van der Waals surface area contributed by atoms with Gasteiger partial charge in [-0.1, -0.05) is 37.6 Å². The Balaban J connectivity index is 1.55. The van der Waals surface area contributed by atoms with Crippen molar-refractivity contribution in [3.05, 3.63) is 107 Å². The molecule has 0 saturated carbocycles. The summed E-state index contributed by atoms with van der Waals surface area (Å²) in [6.07, 6.45) is 5.64. The fraction of sp³-hybridized carbons (Fsp3) is 0.214. The van der Waals surface area contributed by atoms with Crippen LogP contribution in [0.1, 0.15) is 43.0 Å². The minimum atomic E-state index is -0.201. The summed E-state index contributed by atoms with van der Waals surface area (Å²) in [5, 5.41) is 7.39. The van der Waals surface area contributed by atoms with Gasteiger partial charge in [-0.15, -0.1) is 0 Å². The zero-order chi connectivity index (χ0) is 25.9. The Morgan fingerprint density at radius 1 is 1.08 bits per heavy atom. The number of nitrogens with one attached hydrogen (secondary N) is 2. The van der Waals surface area contributed by atoms with Crippen molar-refractivity contribution in [3.63, 3.8) is 0 Å². The fourth-order valence-electron chi connectivity index (χ4n) is 4.47. The molecule has 0 radical (unpaired) electrons. The van der Waals surface area contributed by atoms with Gasteiger partial charge in [0.05, 0.1) is 34.7 Å². The second-order valence-corrected chi connectivity index (χ2v) is 9.98. The van der Waals surface area contributed by atoms with Crippen LogP contribution in [0.5, 0.6) is 0 Å². The summed E-state index contributed by atoms with van der Waals surface area (Å²) in [5.74, 6) is -0.241. The molecule has 2 atom stereocenters. The van der Waals surface area contributed by atoms with Gasteiger partial charge >= 0.3 is 0 Å². The van der Waals surface area contributed by atoms with E-state index in [1.165, 1.54) is 0 Å². The lowest BCUT2D eigenvalue weighted by molar-refractivity contribution is -0.118. The number of halogens is 1. The zero-order valence-corrected chi connectivity index (χ0v) is 22.1. The average molecular weight is 531 g/mol. The number of amides is 1. The van der Waals surface area contributed by atoms with Crippen LogP contribution in [0.3, 0.4) is 0 Å². The SMILES string of the molecule is CC(C)C(=O)Nc1ccc(N2C(=S)N[C@H](c3ccccn3)[C@@H]2c2cccn2Cc2ccccn2)cc1Cl. The van der Waals surface area contributed by atoms with E-state index in [1.807, 2.05) is 74.5 Å². The molecule has 0 aliphatic carbocycles. The predicted octanol–water partition coefficient (Wildman–Crippen LogP) is 5.75. The standard InChI is InChI=1S/C28H27ClN6OS/c1-18(2)27(36)32-22-12-11-20(16-21(22)29)35-26(25(33-28(35)37)23-9-4-6-14-31-23)24-10-7-15-34(24)17-19-8-3-5-13-30-19/h3-16,18,25-26H,17H2,1-2H3,(H,32,36)(H,33,37)/t25-,26+/m1/s1. The molecule has 4 aromatic rings. The maximum Gasteiger partial charge on any atom is 0.226 e. The Labute approximate surface area is 226 Å². The second-order valence-electron chi connectivity index (χ2n) is 9.19. The molecule has 1 amide bonds. The van der Waals surface area contributed by atoms with E-state index in [0.29, 0.717) is 22.4 Å². The summed E-state index contributed by atoms with van der Waals surface area (Å²) in [6.45, 7) is 4.30. The van der Waals surface area contributed by atoms with Gasteiger partial charge in [-0.25, -0.2) is 0 Å². The molecule has 1 aromatic carbocycles. The molecule has 0 spiro atoms. The zero-order valence-electron chi connectivity index (χ0n) is 20.5. The minimum Gasteiger partial charge on any atom is -0.351 e. The highest BCUT2D eigenvalue weighted by molar-refractivity contribution is 7.80. The lowest BCUT2D eigenvalue weighted by Crippen LogP contribution is -2.30. The first kappa shape index (κ1) is 24.9. The average Bonchev–Trinajstić information content (AvgIpc) is 3.49. The normalized spacial score (nSPS) is 17.2.